The Labute approximate surface area is 283 Å². The van der Waals surface area contributed by atoms with Crippen molar-refractivity contribution in [3.05, 3.63) is 198 Å². The van der Waals surface area contributed by atoms with E-state index in [0.29, 0.717) is 0 Å². The van der Waals surface area contributed by atoms with E-state index < -0.39 is 0 Å². The summed E-state index contributed by atoms with van der Waals surface area (Å²) in [5.74, 6) is 0. The molecule has 0 bridgehead atoms. The van der Waals surface area contributed by atoms with Crippen LogP contribution in [0.15, 0.2) is 170 Å². The molecular formula is C45H35BN2. The van der Waals surface area contributed by atoms with Crippen LogP contribution in [0.4, 0.5) is 34.1 Å². The summed E-state index contributed by atoms with van der Waals surface area (Å²) in [7, 11) is 0. The summed E-state index contributed by atoms with van der Waals surface area (Å²) in [6, 6.07) is 62.6. The fraction of sp³-hybridized carbons (Fsp3) is 0.0667. The maximum absolute atomic E-state index is 2.49. The molecule has 0 atom stereocenters. The lowest BCUT2D eigenvalue weighted by Crippen LogP contribution is -2.61. The molecule has 3 heteroatoms. The molecular weight excluding hydrogens is 579 g/mol. The third-order valence-electron chi connectivity index (χ3n) is 9.87. The molecule has 0 saturated carbocycles. The van der Waals surface area contributed by atoms with E-state index in [1.807, 2.05) is 0 Å². The van der Waals surface area contributed by atoms with Gasteiger partial charge in [-0.25, -0.2) is 0 Å². The zero-order valence-electron chi connectivity index (χ0n) is 27.1. The molecule has 2 heterocycles. The summed E-state index contributed by atoms with van der Waals surface area (Å²) in [6.07, 6.45) is 1.80. The van der Waals surface area contributed by atoms with Gasteiger partial charge < -0.3 is 9.80 Å². The molecule has 2 nitrogen and oxygen atoms in total. The first-order valence-corrected chi connectivity index (χ1v) is 16.9. The highest BCUT2D eigenvalue weighted by Crippen LogP contribution is 2.44. The first-order valence-electron chi connectivity index (χ1n) is 16.9. The monoisotopic (exact) mass is 614 g/mol. The zero-order valence-corrected chi connectivity index (χ0v) is 27.1. The second-order valence-electron chi connectivity index (χ2n) is 13.1. The highest BCUT2D eigenvalue weighted by molar-refractivity contribution is 7.00. The molecule has 0 amide bonds. The normalized spacial score (nSPS) is 12.7. The van der Waals surface area contributed by atoms with Crippen LogP contribution in [-0.2, 0) is 12.8 Å². The Hall–Kier alpha value is -5.80. The molecule has 0 radical (unpaired) electrons. The third kappa shape index (κ3) is 4.91. The van der Waals surface area contributed by atoms with Gasteiger partial charge in [-0.05, 0) is 113 Å². The lowest BCUT2D eigenvalue weighted by atomic mass is 9.33. The Kier molecular flexibility index (Phi) is 6.97. The summed E-state index contributed by atoms with van der Waals surface area (Å²) >= 11 is 0. The molecule has 9 rings (SSSR count). The van der Waals surface area contributed by atoms with Gasteiger partial charge in [-0.3, -0.25) is 0 Å². The number of para-hydroxylation sites is 2. The van der Waals surface area contributed by atoms with Gasteiger partial charge in [0.15, 0.2) is 0 Å². The second kappa shape index (κ2) is 11.8. The molecule has 7 aromatic rings. The first-order chi connectivity index (χ1) is 23.7. The lowest BCUT2D eigenvalue weighted by molar-refractivity contribution is 1.18. The Balaban J connectivity index is 1.32. The van der Waals surface area contributed by atoms with Gasteiger partial charge >= 0.3 is 0 Å². The highest BCUT2D eigenvalue weighted by Gasteiger charge is 2.43. The van der Waals surface area contributed by atoms with Crippen molar-refractivity contribution in [2.24, 2.45) is 0 Å². The standard InChI is InChI=1S/C45H35BN2/c1-32-26-43-45-44(27-32)48(38-20-12-5-13-21-38)42-25-23-36(29-34-16-8-3-9-17-34)31-40(42)46(45)39-30-35(28-33-14-6-2-7-15-33)22-24-41(39)47(43)37-18-10-4-11-19-37/h2-27,30-31H,28-29H2,1H3. The van der Waals surface area contributed by atoms with Crippen molar-refractivity contribution < 1.29 is 0 Å². The fourth-order valence-corrected chi connectivity index (χ4v) is 7.83. The highest BCUT2D eigenvalue weighted by atomic mass is 15.2. The van der Waals surface area contributed by atoms with Crippen molar-refractivity contribution in [2.75, 3.05) is 9.80 Å². The van der Waals surface area contributed by atoms with Gasteiger partial charge in [0, 0.05) is 34.1 Å². The van der Waals surface area contributed by atoms with Crippen LogP contribution in [0.5, 0.6) is 0 Å². The van der Waals surface area contributed by atoms with Crippen LogP contribution < -0.4 is 26.2 Å². The van der Waals surface area contributed by atoms with E-state index in [4.69, 9.17) is 0 Å². The van der Waals surface area contributed by atoms with E-state index in [2.05, 4.69) is 187 Å². The van der Waals surface area contributed by atoms with Gasteiger partial charge in [0.1, 0.15) is 0 Å². The molecule has 0 aliphatic carbocycles. The molecule has 2 aliphatic rings. The van der Waals surface area contributed by atoms with E-state index in [1.54, 1.807) is 0 Å². The molecule has 48 heavy (non-hydrogen) atoms. The van der Waals surface area contributed by atoms with E-state index in [0.717, 1.165) is 12.8 Å². The van der Waals surface area contributed by atoms with E-state index in [1.165, 1.54) is 78.3 Å². The number of aryl methyl sites for hydroxylation is 1. The zero-order chi connectivity index (χ0) is 32.0. The average molecular weight is 615 g/mol. The number of hydrogen-bond acceptors (Lipinski definition) is 2. The van der Waals surface area contributed by atoms with Crippen molar-refractivity contribution in [2.45, 2.75) is 19.8 Å². The Morgan fingerprint density at radius 1 is 0.396 bits per heavy atom. The molecule has 0 N–H and O–H groups in total. The number of benzene rings is 7. The predicted octanol–water partition coefficient (Wildman–Crippen LogP) is 9.26. The number of nitrogens with zero attached hydrogens (tertiary/aromatic N) is 2. The molecule has 0 saturated heterocycles. The molecule has 2 aliphatic heterocycles. The van der Waals surface area contributed by atoms with Gasteiger partial charge in [-0.2, -0.15) is 0 Å². The SMILES string of the molecule is Cc1cc2c3c(c1)N(c1ccccc1)c1ccc(Cc4ccccc4)cc1B3c1cc(Cc3ccccc3)ccc1N2c1ccccc1. The summed E-state index contributed by atoms with van der Waals surface area (Å²) in [5, 5.41) is 0. The van der Waals surface area contributed by atoms with E-state index in [9.17, 15) is 0 Å². The van der Waals surface area contributed by atoms with Gasteiger partial charge in [0.05, 0.1) is 0 Å². The molecule has 228 valence electrons. The Morgan fingerprint density at radius 2 is 0.792 bits per heavy atom. The van der Waals surface area contributed by atoms with Crippen LogP contribution >= 0.6 is 0 Å². The van der Waals surface area contributed by atoms with Gasteiger partial charge in [-0.15, -0.1) is 0 Å². The van der Waals surface area contributed by atoms with Crippen LogP contribution in [-0.4, -0.2) is 6.71 Å². The molecule has 0 aromatic heterocycles. The number of hydrogen-bond donors (Lipinski definition) is 0. The van der Waals surface area contributed by atoms with Crippen molar-refractivity contribution >= 4 is 57.2 Å². The Morgan fingerprint density at radius 3 is 1.21 bits per heavy atom. The first kappa shape index (κ1) is 28.4. The minimum atomic E-state index is 0.0898. The molecule has 0 spiro atoms. The lowest BCUT2D eigenvalue weighted by Gasteiger charge is -2.44. The van der Waals surface area contributed by atoms with Gasteiger partial charge in [0.2, 0.25) is 0 Å². The largest absolute Gasteiger partial charge is 0.311 e. The van der Waals surface area contributed by atoms with Crippen molar-refractivity contribution in [3.63, 3.8) is 0 Å². The smallest absolute Gasteiger partial charge is 0.252 e. The molecule has 7 aromatic carbocycles. The molecule has 0 unspecified atom stereocenters. The van der Waals surface area contributed by atoms with Crippen molar-refractivity contribution in [1.29, 1.82) is 0 Å². The average Bonchev–Trinajstić information content (AvgIpc) is 3.13. The topological polar surface area (TPSA) is 6.48 Å². The minimum Gasteiger partial charge on any atom is -0.311 e. The minimum absolute atomic E-state index is 0.0898. The van der Waals surface area contributed by atoms with Crippen LogP contribution in [0.1, 0.15) is 27.8 Å². The number of anilines is 6. The maximum Gasteiger partial charge on any atom is 0.252 e. The summed E-state index contributed by atoms with van der Waals surface area (Å²) < 4.78 is 0. The summed E-state index contributed by atoms with van der Waals surface area (Å²) in [6.45, 7) is 2.32. The van der Waals surface area contributed by atoms with Crippen LogP contribution in [0.25, 0.3) is 0 Å². The second-order valence-corrected chi connectivity index (χ2v) is 13.1. The van der Waals surface area contributed by atoms with Crippen LogP contribution in [0, 0.1) is 6.92 Å². The van der Waals surface area contributed by atoms with Crippen LogP contribution in [0.2, 0.25) is 0 Å². The summed E-state index contributed by atoms with van der Waals surface area (Å²) in [4.78, 5) is 4.98. The Bertz CT molecular complexity index is 2090. The van der Waals surface area contributed by atoms with E-state index in [-0.39, 0.29) is 6.71 Å². The quantitative estimate of drug-likeness (QED) is 0.172. The fourth-order valence-electron chi connectivity index (χ4n) is 7.83. The van der Waals surface area contributed by atoms with Crippen LogP contribution in [0.3, 0.4) is 0 Å². The number of fused-ring (bicyclic) bond motifs is 4. The number of rotatable bonds is 6. The maximum atomic E-state index is 2.49. The summed E-state index contributed by atoms with van der Waals surface area (Å²) in [5.41, 5.74) is 18.0. The predicted molar refractivity (Wildman–Crippen MR) is 204 cm³/mol. The van der Waals surface area contributed by atoms with E-state index >= 15 is 0 Å². The van der Waals surface area contributed by atoms with Crippen molar-refractivity contribution in [1.82, 2.24) is 0 Å². The van der Waals surface area contributed by atoms with Gasteiger partial charge in [-0.1, -0.05) is 121 Å². The van der Waals surface area contributed by atoms with Gasteiger partial charge in [0.25, 0.3) is 6.71 Å². The molecule has 0 fully saturated rings. The van der Waals surface area contributed by atoms with Crippen molar-refractivity contribution in [3.8, 4) is 0 Å². The third-order valence-corrected chi connectivity index (χ3v) is 9.87.